The van der Waals surface area contributed by atoms with Crippen LogP contribution in [0.4, 0.5) is 0 Å². The van der Waals surface area contributed by atoms with Gasteiger partial charge in [-0.25, -0.2) is 0 Å². The molecule has 2 nitrogen and oxygen atoms in total. The molecule has 1 unspecified atom stereocenters. The Morgan fingerprint density at radius 1 is 1.50 bits per heavy atom. The van der Waals surface area contributed by atoms with Gasteiger partial charge in [-0.2, -0.15) is 0 Å². The Morgan fingerprint density at radius 3 is 2.79 bits per heavy atom. The molecule has 0 aromatic carbocycles. The van der Waals surface area contributed by atoms with Gasteiger partial charge in [0, 0.05) is 30.9 Å². The van der Waals surface area contributed by atoms with Crippen LogP contribution in [0.5, 0.6) is 0 Å². The molecule has 0 spiro atoms. The Balaban J connectivity index is 2.51. The van der Waals surface area contributed by atoms with E-state index in [9.17, 15) is 0 Å². The maximum Gasteiger partial charge on any atom is 0.0435 e. The van der Waals surface area contributed by atoms with E-state index in [4.69, 9.17) is 11.6 Å². The van der Waals surface area contributed by atoms with Crippen LogP contribution >= 0.6 is 11.6 Å². The van der Waals surface area contributed by atoms with Crippen LogP contribution in [-0.4, -0.2) is 28.9 Å². The molecule has 0 fully saturated rings. The van der Waals surface area contributed by atoms with Crippen LogP contribution in [0.15, 0.2) is 18.5 Å². The van der Waals surface area contributed by atoms with Crippen molar-refractivity contribution in [2.75, 3.05) is 13.6 Å². The van der Waals surface area contributed by atoms with Crippen molar-refractivity contribution in [1.82, 2.24) is 9.88 Å². The summed E-state index contributed by atoms with van der Waals surface area (Å²) in [5, 5.41) is 0.192. The quantitative estimate of drug-likeness (QED) is 0.713. The maximum absolute atomic E-state index is 5.91. The fourth-order valence-corrected chi connectivity index (χ4v) is 1.75. The lowest BCUT2D eigenvalue weighted by Gasteiger charge is -2.17. The minimum absolute atomic E-state index is 0.192. The van der Waals surface area contributed by atoms with Crippen LogP contribution in [-0.2, 0) is 6.54 Å². The van der Waals surface area contributed by atoms with Crippen molar-refractivity contribution in [3.8, 4) is 0 Å². The predicted octanol–water partition coefficient (Wildman–Crippen LogP) is 2.45. The highest BCUT2D eigenvalue weighted by atomic mass is 35.5. The minimum Gasteiger partial charge on any atom is -0.301 e. The lowest BCUT2D eigenvalue weighted by Crippen LogP contribution is -2.24. The third kappa shape index (κ3) is 4.07. The van der Waals surface area contributed by atoms with Crippen molar-refractivity contribution in [1.29, 1.82) is 0 Å². The Hall–Kier alpha value is -0.600. The van der Waals surface area contributed by atoms with Gasteiger partial charge in [-0.05, 0) is 32.0 Å². The van der Waals surface area contributed by atoms with Gasteiger partial charge in [0.1, 0.15) is 0 Å². The summed E-state index contributed by atoms with van der Waals surface area (Å²) in [4.78, 5) is 6.36. The maximum atomic E-state index is 5.91. The smallest absolute Gasteiger partial charge is 0.0435 e. The van der Waals surface area contributed by atoms with E-state index in [2.05, 4.69) is 29.9 Å². The molecule has 0 amide bonds. The van der Waals surface area contributed by atoms with Gasteiger partial charge in [0.15, 0.2) is 0 Å². The number of aromatic nitrogens is 1. The number of hydrogen-bond donors (Lipinski definition) is 0. The van der Waals surface area contributed by atoms with Crippen molar-refractivity contribution >= 4 is 11.6 Å². The van der Waals surface area contributed by atoms with E-state index in [1.54, 1.807) is 0 Å². The first-order chi connectivity index (χ1) is 6.58. The summed E-state index contributed by atoms with van der Waals surface area (Å²) < 4.78 is 0. The Morgan fingerprint density at radius 2 is 2.21 bits per heavy atom. The van der Waals surface area contributed by atoms with Gasteiger partial charge in [-0.3, -0.25) is 4.98 Å². The predicted molar refractivity (Wildman–Crippen MR) is 60.6 cm³/mol. The Labute approximate surface area is 90.9 Å². The lowest BCUT2D eigenvalue weighted by atomic mass is 10.2. The number of aryl methyl sites for hydroxylation is 1. The van der Waals surface area contributed by atoms with Crippen LogP contribution in [0.1, 0.15) is 18.1 Å². The largest absolute Gasteiger partial charge is 0.301 e. The third-order valence-electron chi connectivity index (χ3n) is 1.95. The highest BCUT2D eigenvalue weighted by Gasteiger charge is 2.04. The molecule has 0 saturated heterocycles. The molecule has 0 aliphatic carbocycles. The SMILES string of the molecule is Cc1cncc(CN(C)CC(C)Cl)c1. The number of alkyl halides is 1. The molecule has 0 N–H and O–H groups in total. The summed E-state index contributed by atoms with van der Waals surface area (Å²) >= 11 is 5.91. The summed E-state index contributed by atoms with van der Waals surface area (Å²) in [6.07, 6.45) is 3.77. The average Bonchev–Trinajstić information content (AvgIpc) is 2.01. The zero-order chi connectivity index (χ0) is 10.6. The van der Waals surface area contributed by atoms with Crippen molar-refractivity contribution in [2.45, 2.75) is 25.8 Å². The van der Waals surface area contributed by atoms with Gasteiger partial charge in [0.2, 0.25) is 0 Å². The minimum atomic E-state index is 0.192. The first-order valence-corrected chi connectivity index (χ1v) is 5.24. The number of nitrogens with zero attached hydrogens (tertiary/aromatic N) is 2. The van der Waals surface area contributed by atoms with E-state index in [1.807, 2.05) is 19.3 Å². The molecule has 0 radical (unpaired) electrons. The molecule has 1 rings (SSSR count). The molecule has 78 valence electrons. The van der Waals surface area contributed by atoms with Crippen LogP contribution in [0.2, 0.25) is 0 Å². The third-order valence-corrected chi connectivity index (χ3v) is 2.09. The molecule has 1 atom stereocenters. The van der Waals surface area contributed by atoms with Gasteiger partial charge in [-0.1, -0.05) is 6.07 Å². The first-order valence-electron chi connectivity index (χ1n) is 4.81. The molecular formula is C11H17ClN2. The van der Waals surface area contributed by atoms with Gasteiger partial charge in [0.25, 0.3) is 0 Å². The summed E-state index contributed by atoms with van der Waals surface area (Å²) in [7, 11) is 2.07. The fraction of sp³-hybridized carbons (Fsp3) is 0.545. The zero-order valence-electron chi connectivity index (χ0n) is 9.00. The topological polar surface area (TPSA) is 16.1 Å². The molecule has 0 aliphatic rings. The molecule has 14 heavy (non-hydrogen) atoms. The summed E-state index contributed by atoms with van der Waals surface area (Å²) in [6.45, 7) is 5.87. The van der Waals surface area contributed by atoms with Crippen LogP contribution in [0, 0.1) is 6.92 Å². The van der Waals surface area contributed by atoms with Crippen molar-refractivity contribution < 1.29 is 0 Å². The van der Waals surface area contributed by atoms with Crippen molar-refractivity contribution in [3.05, 3.63) is 29.6 Å². The molecule has 1 aromatic rings. The Bertz CT molecular complexity index is 286. The van der Waals surface area contributed by atoms with Crippen molar-refractivity contribution in [3.63, 3.8) is 0 Å². The molecule has 0 bridgehead atoms. The molecular weight excluding hydrogens is 196 g/mol. The van der Waals surface area contributed by atoms with Gasteiger partial charge >= 0.3 is 0 Å². The second kappa shape index (κ2) is 5.32. The zero-order valence-corrected chi connectivity index (χ0v) is 9.75. The molecule has 0 saturated carbocycles. The van der Waals surface area contributed by atoms with Crippen LogP contribution in [0.25, 0.3) is 0 Å². The number of hydrogen-bond acceptors (Lipinski definition) is 2. The number of pyridine rings is 1. The summed E-state index contributed by atoms with van der Waals surface area (Å²) in [6, 6.07) is 2.16. The first kappa shape index (κ1) is 11.5. The highest BCUT2D eigenvalue weighted by Crippen LogP contribution is 2.06. The summed E-state index contributed by atoms with van der Waals surface area (Å²) in [5.41, 5.74) is 2.44. The van der Waals surface area contributed by atoms with E-state index in [-0.39, 0.29) is 5.38 Å². The number of rotatable bonds is 4. The lowest BCUT2D eigenvalue weighted by molar-refractivity contribution is 0.329. The standard InChI is InChI=1S/C11H17ClN2/c1-9-4-11(6-13-5-9)8-14(3)7-10(2)12/h4-6,10H,7-8H2,1-3H3. The van der Waals surface area contributed by atoms with Gasteiger partial charge in [0.05, 0.1) is 0 Å². The van der Waals surface area contributed by atoms with Crippen molar-refractivity contribution in [2.24, 2.45) is 0 Å². The van der Waals surface area contributed by atoms with Gasteiger partial charge in [-0.15, -0.1) is 11.6 Å². The fourth-order valence-electron chi connectivity index (χ4n) is 1.51. The highest BCUT2D eigenvalue weighted by molar-refractivity contribution is 6.20. The second-order valence-corrected chi connectivity index (χ2v) is 4.59. The van der Waals surface area contributed by atoms with E-state index in [1.165, 1.54) is 11.1 Å². The molecule has 1 heterocycles. The van der Waals surface area contributed by atoms with E-state index < -0.39 is 0 Å². The van der Waals surface area contributed by atoms with Crippen LogP contribution in [0.3, 0.4) is 0 Å². The van der Waals surface area contributed by atoms with E-state index in [0.29, 0.717) is 0 Å². The van der Waals surface area contributed by atoms with Crippen LogP contribution < -0.4 is 0 Å². The van der Waals surface area contributed by atoms with E-state index >= 15 is 0 Å². The average molecular weight is 213 g/mol. The van der Waals surface area contributed by atoms with Gasteiger partial charge < -0.3 is 4.90 Å². The molecule has 3 heteroatoms. The number of halogens is 1. The normalized spacial score (nSPS) is 13.2. The molecule has 1 aromatic heterocycles. The monoisotopic (exact) mass is 212 g/mol. The summed E-state index contributed by atoms with van der Waals surface area (Å²) in [5.74, 6) is 0. The second-order valence-electron chi connectivity index (χ2n) is 3.85. The molecule has 0 aliphatic heterocycles. The van der Waals surface area contributed by atoms with E-state index in [0.717, 1.165) is 13.1 Å². The Kier molecular flexibility index (Phi) is 4.36.